The van der Waals surface area contributed by atoms with Crippen molar-refractivity contribution in [2.45, 2.75) is 50.8 Å². The maximum atomic E-state index is 12.4. The van der Waals surface area contributed by atoms with Gasteiger partial charge in [-0.15, -0.1) is 0 Å². The van der Waals surface area contributed by atoms with Gasteiger partial charge in [-0.2, -0.15) is 0 Å². The molecule has 3 rings (SSSR count). The molecule has 1 aromatic carbocycles. The van der Waals surface area contributed by atoms with Crippen LogP contribution in [0.3, 0.4) is 0 Å². The Morgan fingerprint density at radius 1 is 1.25 bits per heavy atom. The molecule has 1 fully saturated rings. The van der Waals surface area contributed by atoms with Crippen LogP contribution in [0, 0.1) is 5.92 Å². The van der Waals surface area contributed by atoms with Crippen molar-refractivity contribution in [1.82, 2.24) is 5.32 Å². The third-order valence-corrected chi connectivity index (χ3v) is 8.45. The van der Waals surface area contributed by atoms with Crippen molar-refractivity contribution < 1.29 is 13.2 Å². The lowest BCUT2D eigenvalue weighted by Gasteiger charge is -2.15. The number of nitrogens with one attached hydrogen (secondary N) is 2. The van der Waals surface area contributed by atoms with Crippen LogP contribution < -0.4 is 10.6 Å². The van der Waals surface area contributed by atoms with Gasteiger partial charge in [-0.1, -0.05) is 44.9 Å². The second kappa shape index (κ2) is 9.31. The third-order valence-electron chi connectivity index (χ3n) is 5.31. The van der Waals surface area contributed by atoms with Crippen molar-refractivity contribution in [3.8, 4) is 0 Å². The van der Waals surface area contributed by atoms with E-state index in [1.54, 1.807) is 12.1 Å². The number of amidine groups is 1. The summed E-state index contributed by atoms with van der Waals surface area (Å²) < 4.78 is 23.3. The molecule has 1 aromatic rings. The van der Waals surface area contributed by atoms with Crippen LogP contribution in [-0.2, 0) is 9.84 Å². The van der Waals surface area contributed by atoms with E-state index in [9.17, 15) is 13.2 Å². The minimum atomic E-state index is -2.94. The zero-order valence-corrected chi connectivity index (χ0v) is 18.1. The van der Waals surface area contributed by atoms with Crippen LogP contribution in [0.2, 0.25) is 0 Å². The fraction of sp³-hybridized carbons (Fsp3) is 0.600. The average Bonchev–Trinajstić information content (AvgIpc) is 3.14. The van der Waals surface area contributed by atoms with E-state index in [0.717, 1.165) is 23.7 Å². The molecule has 2 aliphatic rings. The fourth-order valence-corrected chi connectivity index (χ4v) is 7.20. The molecule has 1 amide bonds. The number of unbranched alkanes of at least 4 members (excludes halogenated alkanes) is 1. The highest BCUT2D eigenvalue weighted by Gasteiger charge is 2.42. The smallest absolute Gasteiger partial charge is 0.251 e. The van der Waals surface area contributed by atoms with E-state index in [1.165, 1.54) is 24.6 Å². The number of sulfone groups is 1. The number of nitrogens with zero attached hydrogens (tertiary/aromatic N) is 1. The van der Waals surface area contributed by atoms with Gasteiger partial charge in [0.2, 0.25) is 0 Å². The number of rotatable bonds is 8. The van der Waals surface area contributed by atoms with Gasteiger partial charge in [0.15, 0.2) is 15.0 Å². The molecule has 28 heavy (non-hydrogen) atoms. The number of carbonyl (C=O) groups excluding carboxylic acids is 1. The number of fused-ring (bicyclic) bond motifs is 1. The summed E-state index contributed by atoms with van der Waals surface area (Å²) in [5.74, 6) is 0.832. The number of anilines is 1. The molecule has 0 radical (unpaired) electrons. The molecule has 8 heteroatoms. The first-order valence-electron chi connectivity index (χ1n) is 10.0. The predicted molar refractivity (Wildman–Crippen MR) is 117 cm³/mol. The van der Waals surface area contributed by atoms with Crippen molar-refractivity contribution >= 4 is 38.4 Å². The Morgan fingerprint density at radius 3 is 2.64 bits per heavy atom. The zero-order valence-electron chi connectivity index (χ0n) is 16.5. The molecule has 154 valence electrons. The van der Waals surface area contributed by atoms with E-state index in [0.29, 0.717) is 18.0 Å². The molecule has 0 aromatic heterocycles. The monoisotopic (exact) mass is 423 g/mol. The average molecular weight is 424 g/mol. The van der Waals surface area contributed by atoms with Crippen LogP contribution >= 0.6 is 11.8 Å². The quantitative estimate of drug-likeness (QED) is 0.670. The van der Waals surface area contributed by atoms with Crippen molar-refractivity contribution in [2.75, 3.05) is 23.4 Å². The van der Waals surface area contributed by atoms with Crippen molar-refractivity contribution in [1.29, 1.82) is 0 Å². The summed E-state index contributed by atoms with van der Waals surface area (Å²) in [5.41, 5.74) is 1.49. The molecular weight excluding hydrogens is 394 g/mol. The predicted octanol–water partition coefficient (Wildman–Crippen LogP) is 3.31. The van der Waals surface area contributed by atoms with Gasteiger partial charge in [-0.05, 0) is 36.6 Å². The Bertz CT molecular complexity index is 822. The van der Waals surface area contributed by atoms with Gasteiger partial charge in [-0.3, -0.25) is 9.79 Å². The van der Waals surface area contributed by atoms with Crippen LogP contribution in [0.4, 0.5) is 5.69 Å². The molecular formula is C20H29N3O3S2. The number of thioether (sulfide) groups is 1. The van der Waals surface area contributed by atoms with Gasteiger partial charge >= 0.3 is 0 Å². The highest BCUT2D eigenvalue weighted by atomic mass is 32.2. The van der Waals surface area contributed by atoms with Crippen LogP contribution in [0.15, 0.2) is 29.3 Å². The lowest BCUT2D eigenvalue weighted by Crippen LogP contribution is -2.29. The Morgan fingerprint density at radius 2 is 2.00 bits per heavy atom. The van der Waals surface area contributed by atoms with Gasteiger partial charge < -0.3 is 10.6 Å². The van der Waals surface area contributed by atoms with Gasteiger partial charge in [0, 0.05) is 23.0 Å². The molecule has 0 bridgehead atoms. The Kier molecular flexibility index (Phi) is 7.04. The molecule has 3 atom stereocenters. The van der Waals surface area contributed by atoms with Gasteiger partial charge in [0.1, 0.15) is 0 Å². The first-order valence-corrected chi connectivity index (χ1v) is 12.7. The maximum Gasteiger partial charge on any atom is 0.251 e. The molecule has 0 spiro atoms. The molecule has 2 N–H and O–H groups in total. The SMILES string of the molecule is CCCC[C@H](CC)CNC(=O)c1ccc(NC2=N[C@H]3CS(=O)(=O)C[C@@H]3S2)cc1. The van der Waals surface area contributed by atoms with E-state index in [2.05, 4.69) is 29.5 Å². The highest BCUT2D eigenvalue weighted by molar-refractivity contribution is 8.15. The van der Waals surface area contributed by atoms with E-state index in [-0.39, 0.29) is 28.7 Å². The lowest BCUT2D eigenvalue weighted by atomic mass is 9.99. The molecule has 1 saturated heterocycles. The minimum absolute atomic E-state index is 0.0248. The van der Waals surface area contributed by atoms with Crippen LogP contribution in [0.25, 0.3) is 0 Å². The normalized spacial score (nSPS) is 23.7. The second-order valence-electron chi connectivity index (χ2n) is 7.56. The number of benzene rings is 1. The van der Waals surface area contributed by atoms with Crippen LogP contribution in [0.5, 0.6) is 0 Å². The first kappa shape index (κ1) is 21.2. The summed E-state index contributed by atoms with van der Waals surface area (Å²) in [6.45, 7) is 5.07. The maximum absolute atomic E-state index is 12.4. The van der Waals surface area contributed by atoms with Crippen molar-refractivity contribution in [2.24, 2.45) is 10.9 Å². The van der Waals surface area contributed by atoms with Crippen molar-refractivity contribution in [3.63, 3.8) is 0 Å². The molecule has 0 aliphatic carbocycles. The van der Waals surface area contributed by atoms with Gasteiger partial charge in [0.05, 0.1) is 17.5 Å². The number of aliphatic imine (C=N–C) groups is 1. The van der Waals surface area contributed by atoms with Gasteiger partial charge in [-0.25, -0.2) is 8.42 Å². The zero-order chi connectivity index (χ0) is 20.1. The number of hydrogen-bond acceptors (Lipinski definition) is 6. The summed E-state index contributed by atoms with van der Waals surface area (Å²) in [5, 5.41) is 7.05. The van der Waals surface area contributed by atoms with E-state index < -0.39 is 9.84 Å². The second-order valence-corrected chi connectivity index (χ2v) is 10.9. The van der Waals surface area contributed by atoms with E-state index in [4.69, 9.17) is 0 Å². The van der Waals surface area contributed by atoms with E-state index >= 15 is 0 Å². The third kappa shape index (κ3) is 5.50. The Balaban J connectivity index is 1.50. The summed E-state index contributed by atoms with van der Waals surface area (Å²) in [7, 11) is -2.94. The highest BCUT2D eigenvalue weighted by Crippen LogP contribution is 2.34. The molecule has 6 nitrogen and oxygen atoms in total. The Labute approximate surface area is 171 Å². The minimum Gasteiger partial charge on any atom is -0.352 e. The molecule has 0 unspecified atom stereocenters. The summed E-state index contributed by atoms with van der Waals surface area (Å²) in [6, 6.07) is 7.18. The van der Waals surface area contributed by atoms with E-state index in [1.807, 2.05) is 12.1 Å². The largest absolute Gasteiger partial charge is 0.352 e. The molecule has 2 heterocycles. The van der Waals surface area contributed by atoms with Gasteiger partial charge in [0.25, 0.3) is 5.91 Å². The fourth-order valence-electron chi connectivity index (χ4n) is 3.53. The van der Waals surface area contributed by atoms with Crippen LogP contribution in [-0.4, -0.2) is 48.8 Å². The molecule has 0 saturated carbocycles. The summed E-state index contributed by atoms with van der Waals surface area (Å²) in [6.07, 6.45) is 4.61. The van der Waals surface area contributed by atoms with Crippen molar-refractivity contribution in [3.05, 3.63) is 29.8 Å². The topological polar surface area (TPSA) is 87.6 Å². The Hall–Kier alpha value is -1.54. The summed E-state index contributed by atoms with van der Waals surface area (Å²) in [4.78, 5) is 16.9. The number of carbonyl (C=O) groups is 1. The van der Waals surface area contributed by atoms with Crippen LogP contribution in [0.1, 0.15) is 49.9 Å². The first-order chi connectivity index (χ1) is 13.4. The number of hydrogen-bond donors (Lipinski definition) is 2. The molecule has 2 aliphatic heterocycles. The standard InChI is InChI=1S/C20H29N3O3S2/c1-3-5-6-14(4-2)11-21-19(24)15-7-9-16(10-8-15)22-20-23-17-12-28(25,26)13-18(17)27-20/h7-10,14,17-18H,3-6,11-13H2,1-2H3,(H,21,24)(H,22,23)/t14-,17-,18-/m0/s1. The lowest BCUT2D eigenvalue weighted by molar-refractivity contribution is 0.0946. The summed E-state index contributed by atoms with van der Waals surface area (Å²) >= 11 is 1.49. The number of amides is 1.